The van der Waals surface area contributed by atoms with E-state index >= 15 is 0 Å². The summed E-state index contributed by atoms with van der Waals surface area (Å²) in [4.78, 5) is 4.37. The Labute approximate surface area is 133 Å². The van der Waals surface area contributed by atoms with Gasteiger partial charge in [0.15, 0.2) is 0 Å². The smallest absolute Gasteiger partial charge is 0.246 e. The zero-order chi connectivity index (χ0) is 15.6. The van der Waals surface area contributed by atoms with Gasteiger partial charge in [-0.1, -0.05) is 0 Å². The summed E-state index contributed by atoms with van der Waals surface area (Å²) in [5, 5.41) is 6.09. The van der Waals surface area contributed by atoms with Crippen LogP contribution in [0.2, 0.25) is 0 Å². The minimum Gasteiger partial charge on any atom is -0.267 e. The number of nitrogens with zero attached hydrogens (tertiary/aromatic N) is 4. The van der Waals surface area contributed by atoms with Gasteiger partial charge in [-0.05, 0) is 13.8 Å². The lowest BCUT2D eigenvalue weighted by atomic mass is 10.4. The van der Waals surface area contributed by atoms with Gasteiger partial charge in [-0.25, -0.2) is 13.4 Å². The van der Waals surface area contributed by atoms with Crippen molar-refractivity contribution in [3.05, 3.63) is 28.0 Å². The summed E-state index contributed by atoms with van der Waals surface area (Å²) >= 11 is 7.15. The zero-order valence-electron chi connectivity index (χ0n) is 12.1. The number of rotatable bonds is 6. The van der Waals surface area contributed by atoms with Crippen LogP contribution in [-0.2, 0) is 23.1 Å². The van der Waals surface area contributed by atoms with Crippen molar-refractivity contribution in [2.24, 2.45) is 0 Å². The van der Waals surface area contributed by atoms with Crippen LogP contribution in [0.5, 0.6) is 0 Å². The van der Waals surface area contributed by atoms with Crippen LogP contribution in [0.1, 0.15) is 17.1 Å². The van der Waals surface area contributed by atoms with Crippen LogP contribution < -0.4 is 0 Å². The second-order valence-electron chi connectivity index (χ2n) is 4.65. The molecule has 0 bridgehead atoms. The Kier molecular flexibility index (Phi) is 5.03. The van der Waals surface area contributed by atoms with Gasteiger partial charge in [0.25, 0.3) is 0 Å². The van der Waals surface area contributed by atoms with E-state index < -0.39 is 10.0 Å². The molecule has 6 nitrogen and oxygen atoms in total. The lowest BCUT2D eigenvalue weighted by Crippen LogP contribution is -2.27. The maximum absolute atomic E-state index is 12.7. The molecule has 0 fully saturated rings. The van der Waals surface area contributed by atoms with Gasteiger partial charge in [0.05, 0.1) is 35.7 Å². The van der Waals surface area contributed by atoms with Crippen LogP contribution in [0.25, 0.3) is 0 Å². The Morgan fingerprint density at radius 2 is 2.14 bits per heavy atom. The highest BCUT2D eigenvalue weighted by molar-refractivity contribution is 7.89. The Morgan fingerprint density at radius 3 is 2.71 bits per heavy atom. The molecule has 0 N–H and O–H groups in total. The zero-order valence-corrected chi connectivity index (χ0v) is 14.5. The molecule has 0 aliphatic heterocycles. The summed E-state index contributed by atoms with van der Waals surface area (Å²) in [6.07, 6.45) is 0. The fourth-order valence-electron chi connectivity index (χ4n) is 2.14. The van der Waals surface area contributed by atoms with Gasteiger partial charge in [0, 0.05) is 18.3 Å². The van der Waals surface area contributed by atoms with Crippen molar-refractivity contribution < 1.29 is 8.42 Å². The van der Waals surface area contributed by atoms with Gasteiger partial charge in [-0.3, -0.25) is 4.68 Å². The molecule has 0 unspecified atom stereocenters. The molecule has 2 aromatic rings. The van der Waals surface area contributed by atoms with E-state index in [0.29, 0.717) is 23.8 Å². The predicted molar refractivity (Wildman–Crippen MR) is 83.2 cm³/mol. The van der Waals surface area contributed by atoms with Gasteiger partial charge < -0.3 is 0 Å². The summed E-state index contributed by atoms with van der Waals surface area (Å²) in [5.41, 5.74) is 3.51. The van der Waals surface area contributed by atoms with Crippen molar-refractivity contribution in [1.29, 1.82) is 0 Å². The van der Waals surface area contributed by atoms with Crippen LogP contribution in [0.3, 0.4) is 0 Å². The molecular weight excluding hydrogens is 332 g/mol. The van der Waals surface area contributed by atoms with Gasteiger partial charge in [-0.2, -0.15) is 9.40 Å². The van der Waals surface area contributed by atoms with E-state index in [2.05, 4.69) is 10.1 Å². The summed E-state index contributed by atoms with van der Waals surface area (Å²) in [5.74, 6) is 0.385. The van der Waals surface area contributed by atoms with Gasteiger partial charge in [0.1, 0.15) is 4.90 Å². The highest BCUT2D eigenvalue weighted by Crippen LogP contribution is 2.24. The standard InChI is InChI=1S/C12H17ClN4O2S2/c1-9-12(10(2)17(15-9)5-4-13)21(18,19)16(3)6-11-7-20-8-14-11/h7-8H,4-6H2,1-3H3. The van der Waals surface area contributed by atoms with E-state index in [-0.39, 0.29) is 11.4 Å². The monoisotopic (exact) mass is 348 g/mol. The van der Waals surface area contributed by atoms with Crippen molar-refractivity contribution in [3.63, 3.8) is 0 Å². The van der Waals surface area contributed by atoms with E-state index in [4.69, 9.17) is 11.6 Å². The number of aromatic nitrogens is 3. The Hall–Kier alpha value is -0.960. The fraction of sp³-hybridized carbons (Fsp3) is 0.500. The minimum atomic E-state index is -3.60. The second-order valence-corrected chi connectivity index (χ2v) is 7.73. The molecule has 0 saturated heterocycles. The molecule has 2 rings (SSSR count). The number of hydrogen-bond acceptors (Lipinski definition) is 5. The lowest BCUT2D eigenvalue weighted by Gasteiger charge is -2.16. The number of alkyl halides is 1. The van der Waals surface area contributed by atoms with Crippen molar-refractivity contribution in [1.82, 2.24) is 19.1 Å². The Balaban J connectivity index is 2.35. The number of thiazole rings is 1. The predicted octanol–water partition coefficient (Wildman–Crippen LogP) is 2.02. The van der Waals surface area contributed by atoms with Crippen LogP contribution in [0.4, 0.5) is 0 Å². The van der Waals surface area contributed by atoms with E-state index in [1.165, 1.54) is 15.6 Å². The first-order valence-electron chi connectivity index (χ1n) is 6.31. The fourth-order valence-corrected chi connectivity index (χ4v) is 4.35. The largest absolute Gasteiger partial charge is 0.267 e. The van der Waals surface area contributed by atoms with Crippen molar-refractivity contribution in [3.8, 4) is 0 Å². The Bertz CT molecular complexity index is 710. The van der Waals surface area contributed by atoms with Gasteiger partial charge in [-0.15, -0.1) is 22.9 Å². The molecule has 0 radical (unpaired) electrons. The SMILES string of the molecule is Cc1nn(CCCl)c(C)c1S(=O)(=O)N(C)Cc1cscn1. The molecule has 0 aliphatic rings. The van der Waals surface area contributed by atoms with E-state index in [1.54, 1.807) is 31.1 Å². The minimum absolute atomic E-state index is 0.241. The maximum atomic E-state index is 12.7. The molecule has 0 saturated carbocycles. The highest BCUT2D eigenvalue weighted by Gasteiger charge is 2.28. The average Bonchev–Trinajstić information content (AvgIpc) is 2.99. The number of hydrogen-bond donors (Lipinski definition) is 0. The van der Waals surface area contributed by atoms with Gasteiger partial charge in [0.2, 0.25) is 10.0 Å². The third-order valence-corrected chi connectivity index (χ3v) is 6.01. The number of aryl methyl sites for hydroxylation is 2. The first-order valence-corrected chi connectivity index (χ1v) is 9.23. The normalized spacial score (nSPS) is 12.2. The molecule has 0 atom stereocenters. The summed E-state index contributed by atoms with van der Waals surface area (Å²) < 4.78 is 28.4. The second kappa shape index (κ2) is 6.43. The van der Waals surface area contributed by atoms with Crippen LogP contribution >= 0.6 is 22.9 Å². The van der Waals surface area contributed by atoms with Crippen LogP contribution in [0.15, 0.2) is 15.8 Å². The van der Waals surface area contributed by atoms with Crippen molar-refractivity contribution in [2.75, 3.05) is 12.9 Å². The van der Waals surface area contributed by atoms with Crippen molar-refractivity contribution >= 4 is 33.0 Å². The third kappa shape index (κ3) is 3.28. The van der Waals surface area contributed by atoms with E-state index in [1.807, 2.05) is 5.38 Å². The molecule has 116 valence electrons. The topological polar surface area (TPSA) is 68.1 Å². The maximum Gasteiger partial charge on any atom is 0.246 e. The molecule has 0 spiro atoms. The first kappa shape index (κ1) is 16.4. The number of halogens is 1. The molecule has 2 heterocycles. The summed E-state index contributed by atoms with van der Waals surface area (Å²) in [6.45, 7) is 4.17. The quantitative estimate of drug-likeness (QED) is 0.749. The molecule has 0 aromatic carbocycles. The highest BCUT2D eigenvalue weighted by atomic mass is 35.5. The van der Waals surface area contributed by atoms with E-state index in [9.17, 15) is 8.42 Å². The molecule has 21 heavy (non-hydrogen) atoms. The van der Waals surface area contributed by atoms with Gasteiger partial charge >= 0.3 is 0 Å². The third-order valence-electron chi connectivity index (χ3n) is 3.15. The molecule has 2 aromatic heterocycles. The molecule has 0 aliphatic carbocycles. The lowest BCUT2D eigenvalue weighted by molar-refractivity contribution is 0.462. The van der Waals surface area contributed by atoms with Crippen LogP contribution in [-0.4, -0.2) is 40.4 Å². The average molecular weight is 349 g/mol. The van der Waals surface area contributed by atoms with E-state index in [0.717, 1.165) is 5.69 Å². The summed E-state index contributed by atoms with van der Waals surface area (Å²) in [6, 6.07) is 0. The summed E-state index contributed by atoms with van der Waals surface area (Å²) in [7, 11) is -2.05. The number of sulfonamides is 1. The first-order chi connectivity index (χ1) is 9.87. The molecule has 0 amide bonds. The molecule has 9 heteroatoms. The Morgan fingerprint density at radius 1 is 1.43 bits per heavy atom. The van der Waals surface area contributed by atoms with Crippen LogP contribution in [0, 0.1) is 13.8 Å². The molecular formula is C12H17ClN4O2S2. The van der Waals surface area contributed by atoms with Crippen molar-refractivity contribution in [2.45, 2.75) is 31.8 Å².